The van der Waals surface area contributed by atoms with Crippen molar-refractivity contribution in [3.8, 4) is 34.1 Å². The van der Waals surface area contributed by atoms with E-state index in [4.69, 9.17) is 4.98 Å². The zero-order valence-electron chi connectivity index (χ0n) is 30.0. The van der Waals surface area contributed by atoms with Gasteiger partial charge in [0.05, 0.1) is 28.4 Å². The summed E-state index contributed by atoms with van der Waals surface area (Å²) in [5, 5.41) is 13.0. The van der Waals surface area contributed by atoms with Gasteiger partial charge in [-0.25, -0.2) is 4.98 Å². The van der Waals surface area contributed by atoms with E-state index in [1.165, 1.54) is 5.56 Å². The third-order valence-corrected chi connectivity index (χ3v) is 9.47. The molecule has 0 aliphatic rings. The predicted octanol–water partition coefficient (Wildman–Crippen LogP) is 9.71. The van der Waals surface area contributed by atoms with Gasteiger partial charge in [-0.1, -0.05) is 111 Å². The van der Waals surface area contributed by atoms with Gasteiger partial charge in [0.15, 0.2) is 0 Å². The minimum atomic E-state index is -0.254. The summed E-state index contributed by atoms with van der Waals surface area (Å²) < 4.78 is 6.28. The topological polar surface area (TPSA) is 59.8 Å². The monoisotopic (exact) mass is 647 g/mol. The third kappa shape index (κ3) is 5.69. The molecule has 7 rings (SSSR count). The SMILES string of the molecule is CC(C)(C)c1ccnc(-n2cc(-c3ccccc3-[n+]3[c-]n(-c4cc(C(C)(C)C)cc(C(C)(C)C)c4O)c4ccccc43)c3ccncc32)c1. The molecule has 248 valence electrons. The van der Waals surface area contributed by atoms with Gasteiger partial charge in [0, 0.05) is 29.5 Å². The van der Waals surface area contributed by atoms with Gasteiger partial charge in [-0.15, -0.1) is 0 Å². The van der Waals surface area contributed by atoms with E-state index in [2.05, 4.69) is 162 Å². The first-order valence-corrected chi connectivity index (χ1v) is 17.0. The maximum atomic E-state index is 11.9. The van der Waals surface area contributed by atoms with Crippen molar-refractivity contribution in [1.82, 2.24) is 19.1 Å². The zero-order valence-corrected chi connectivity index (χ0v) is 30.0. The van der Waals surface area contributed by atoms with Crippen LogP contribution in [0.2, 0.25) is 0 Å². The Morgan fingerprint density at radius 3 is 2.14 bits per heavy atom. The maximum Gasteiger partial charge on any atom is 0.269 e. The van der Waals surface area contributed by atoms with Gasteiger partial charge < -0.3 is 5.11 Å². The minimum absolute atomic E-state index is 0.0104. The molecule has 49 heavy (non-hydrogen) atoms. The highest BCUT2D eigenvalue weighted by Crippen LogP contribution is 2.41. The number of benzene rings is 3. The first-order chi connectivity index (χ1) is 23.1. The number of fused-ring (bicyclic) bond motifs is 2. The highest BCUT2D eigenvalue weighted by molar-refractivity contribution is 5.98. The fraction of sp³-hybridized carbons (Fsp3) is 0.279. The lowest BCUT2D eigenvalue weighted by molar-refractivity contribution is -0.571. The summed E-state index contributed by atoms with van der Waals surface area (Å²) in [6, 6.07) is 27.3. The zero-order chi connectivity index (χ0) is 34.9. The normalized spacial score (nSPS) is 12.7. The van der Waals surface area contributed by atoms with Gasteiger partial charge in [-0.3, -0.25) is 18.7 Å². The van der Waals surface area contributed by atoms with Gasteiger partial charge in [0.1, 0.15) is 17.3 Å². The standard InChI is InChI=1S/C43H45N5O/c1-41(2,3)28-18-21-45-39(24-28)46-26-32(31-19-20-44-25-38(31)46)30-14-10-11-15-34(30)47-27-48(36-17-13-12-16-35(36)47)37-23-29(42(4,5)6)22-33(40(37)49)43(7,8)9/h10-26,49H,1-9H3. The number of aromatic hydroxyl groups is 1. The average molecular weight is 648 g/mol. The first kappa shape index (κ1) is 32.3. The van der Waals surface area contributed by atoms with Crippen LogP contribution in [0.15, 0.2) is 104 Å². The molecule has 1 N–H and O–H groups in total. The summed E-state index contributed by atoms with van der Waals surface area (Å²) in [5.41, 5.74) is 9.66. The Labute approximate surface area is 289 Å². The molecule has 4 aromatic heterocycles. The highest BCUT2D eigenvalue weighted by Gasteiger charge is 2.27. The fourth-order valence-corrected chi connectivity index (χ4v) is 6.60. The van der Waals surface area contributed by atoms with Crippen LogP contribution in [0.1, 0.15) is 79.0 Å². The van der Waals surface area contributed by atoms with E-state index in [0.29, 0.717) is 0 Å². The van der Waals surface area contributed by atoms with E-state index in [1.54, 1.807) is 0 Å². The van der Waals surface area contributed by atoms with Crippen LogP contribution in [0.5, 0.6) is 5.75 Å². The van der Waals surface area contributed by atoms with Crippen LogP contribution in [0.4, 0.5) is 0 Å². The van der Waals surface area contributed by atoms with Crippen molar-refractivity contribution in [3.63, 3.8) is 0 Å². The number of hydrogen-bond donors (Lipinski definition) is 1. The van der Waals surface area contributed by atoms with E-state index >= 15 is 0 Å². The Hall–Kier alpha value is -5.23. The lowest BCUT2D eigenvalue weighted by Crippen LogP contribution is -2.30. The number of aromatic nitrogens is 5. The highest BCUT2D eigenvalue weighted by atomic mass is 16.3. The first-order valence-electron chi connectivity index (χ1n) is 17.0. The number of imidazole rings is 1. The number of para-hydroxylation sites is 3. The Balaban J connectivity index is 1.47. The smallest absolute Gasteiger partial charge is 0.269 e. The molecule has 4 heterocycles. The van der Waals surface area contributed by atoms with E-state index in [0.717, 1.165) is 61.4 Å². The van der Waals surface area contributed by atoms with Crippen molar-refractivity contribution in [2.45, 2.75) is 78.6 Å². The number of pyridine rings is 2. The molecular weight excluding hydrogens is 603 g/mol. The molecule has 0 bridgehead atoms. The molecule has 0 amide bonds. The lowest BCUT2D eigenvalue weighted by Gasteiger charge is -2.27. The van der Waals surface area contributed by atoms with E-state index in [9.17, 15) is 5.11 Å². The summed E-state index contributed by atoms with van der Waals surface area (Å²) in [5.74, 6) is 1.13. The number of nitrogens with zero attached hydrogens (tertiary/aromatic N) is 5. The van der Waals surface area contributed by atoms with Crippen molar-refractivity contribution in [1.29, 1.82) is 0 Å². The molecule has 7 aromatic rings. The van der Waals surface area contributed by atoms with E-state index in [1.807, 2.05) is 29.2 Å². The second-order valence-electron chi connectivity index (χ2n) is 16.1. The van der Waals surface area contributed by atoms with Crippen molar-refractivity contribution in [3.05, 3.63) is 127 Å². The molecule has 3 aromatic carbocycles. The van der Waals surface area contributed by atoms with Crippen molar-refractivity contribution in [2.24, 2.45) is 0 Å². The molecule has 0 aliphatic heterocycles. The molecule has 0 aliphatic carbocycles. The molecule has 6 heteroatoms. The number of hydrogen-bond acceptors (Lipinski definition) is 3. The van der Waals surface area contributed by atoms with E-state index in [-0.39, 0.29) is 22.0 Å². The maximum absolute atomic E-state index is 11.9. The third-order valence-electron chi connectivity index (χ3n) is 9.47. The second kappa shape index (κ2) is 11.4. The molecule has 0 unspecified atom stereocenters. The number of phenolic OH excluding ortho intramolecular Hbond substituents is 1. The Morgan fingerprint density at radius 1 is 0.694 bits per heavy atom. The van der Waals surface area contributed by atoms with Crippen LogP contribution >= 0.6 is 0 Å². The largest absolute Gasteiger partial charge is 0.511 e. The van der Waals surface area contributed by atoms with Crippen molar-refractivity contribution < 1.29 is 9.67 Å². The quantitative estimate of drug-likeness (QED) is 0.153. The van der Waals surface area contributed by atoms with Crippen LogP contribution in [0, 0.1) is 6.33 Å². The van der Waals surface area contributed by atoms with Crippen LogP contribution in [0.25, 0.3) is 50.3 Å². The van der Waals surface area contributed by atoms with Gasteiger partial charge in [-0.2, -0.15) is 0 Å². The number of phenols is 1. The summed E-state index contributed by atoms with van der Waals surface area (Å²) in [4.78, 5) is 9.30. The predicted molar refractivity (Wildman–Crippen MR) is 199 cm³/mol. The lowest BCUT2D eigenvalue weighted by atomic mass is 9.79. The fourth-order valence-electron chi connectivity index (χ4n) is 6.60. The molecule has 0 saturated heterocycles. The molecule has 0 saturated carbocycles. The molecule has 0 fully saturated rings. The molecule has 0 radical (unpaired) electrons. The molecule has 0 spiro atoms. The van der Waals surface area contributed by atoms with Gasteiger partial charge in [0.2, 0.25) is 0 Å². The average Bonchev–Trinajstić information content (AvgIpc) is 3.63. The summed E-state index contributed by atoms with van der Waals surface area (Å²) in [6.45, 7) is 19.7. The van der Waals surface area contributed by atoms with Crippen LogP contribution in [-0.2, 0) is 16.2 Å². The minimum Gasteiger partial charge on any atom is -0.511 e. The summed E-state index contributed by atoms with van der Waals surface area (Å²) in [6.07, 6.45) is 11.5. The second-order valence-corrected chi connectivity index (χ2v) is 16.1. The van der Waals surface area contributed by atoms with Crippen LogP contribution < -0.4 is 4.57 Å². The van der Waals surface area contributed by atoms with Gasteiger partial charge in [-0.05, 0) is 68.8 Å². The van der Waals surface area contributed by atoms with Crippen molar-refractivity contribution >= 4 is 21.9 Å². The van der Waals surface area contributed by atoms with Crippen LogP contribution in [0.3, 0.4) is 0 Å². The summed E-state index contributed by atoms with van der Waals surface area (Å²) >= 11 is 0. The van der Waals surface area contributed by atoms with E-state index < -0.39 is 0 Å². The van der Waals surface area contributed by atoms with Gasteiger partial charge in [0.25, 0.3) is 6.33 Å². The molecule has 0 atom stereocenters. The van der Waals surface area contributed by atoms with Gasteiger partial charge >= 0.3 is 0 Å². The Bertz CT molecular complexity index is 2360. The molecule has 6 nitrogen and oxygen atoms in total. The molecular formula is C43H45N5O. The number of rotatable bonds is 4. The Morgan fingerprint density at radius 2 is 1.41 bits per heavy atom. The Kier molecular flexibility index (Phi) is 7.55. The van der Waals surface area contributed by atoms with Crippen molar-refractivity contribution in [2.75, 3.05) is 0 Å². The summed E-state index contributed by atoms with van der Waals surface area (Å²) in [7, 11) is 0. The van der Waals surface area contributed by atoms with Crippen LogP contribution in [-0.4, -0.2) is 24.2 Å².